The van der Waals surface area contributed by atoms with E-state index in [1.807, 2.05) is 32.0 Å². The SMILES string of the molecule is CC1(C)C(C=C(Cl)Cl)C1C(=O)OC(C(=O)O)c1cccc(Oc2ccccc2)c1. The molecule has 29 heavy (non-hydrogen) atoms. The third kappa shape index (κ3) is 4.92. The van der Waals surface area contributed by atoms with Crippen LogP contribution in [0.1, 0.15) is 25.5 Å². The quantitative estimate of drug-likeness (QED) is 0.562. The summed E-state index contributed by atoms with van der Waals surface area (Å²) in [7, 11) is 0. The van der Waals surface area contributed by atoms with Crippen molar-refractivity contribution in [3.05, 3.63) is 70.7 Å². The van der Waals surface area contributed by atoms with Gasteiger partial charge in [0.15, 0.2) is 0 Å². The molecule has 152 valence electrons. The minimum absolute atomic E-state index is 0.0684. The minimum atomic E-state index is -1.45. The Bertz CT molecular complexity index is 935. The van der Waals surface area contributed by atoms with Gasteiger partial charge in [-0.05, 0) is 41.7 Å². The molecule has 3 atom stereocenters. The number of allylic oxidation sites excluding steroid dienone is 1. The molecule has 2 aromatic rings. The van der Waals surface area contributed by atoms with E-state index in [9.17, 15) is 14.7 Å². The molecule has 1 aliphatic carbocycles. The molecule has 3 rings (SSSR count). The van der Waals surface area contributed by atoms with E-state index in [-0.39, 0.29) is 10.4 Å². The van der Waals surface area contributed by atoms with Gasteiger partial charge in [-0.1, -0.05) is 67.4 Å². The van der Waals surface area contributed by atoms with Crippen LogP contribution in [0.2, 0.25) is 0 Å². The van der Waals surface area contributed by atoms with Crippen LogP contribution in [0.4, 0.5) is 0 Å². The van der Waals surface area contributed by atoms with Crippen molar-refractivity contribution in [1.29, 1.82) is 0 Å². The van der Waals surface area contributed by atoms with Crippen molar-refractivity contribution in [2.24, 2.45) is 17.3 Å². The highest BCUT2D eigenvalue weighted by Crippen LogP contribution is 2.60. The number of aliphatic carboxylic acids is 1. The van der Waals surface area contributed by atoms with E-state index >= 15 is 0 Å². The molecule has 0 heterocycles. The fourth-order valence-electron chi connectivity index (χ4n) is 3.39. The van der Waals surface area contributed by atoms with Gasteiger partial charge < -0.3 is 14.6 Å². The van der Waals surface area contributed by atoms with Crippen LogP contribution in [0.25, 0.3) is 0 Å². The van der Waals surface area contributed by atoms with Crippen molar-refractivity contribution in [2.75, 3.05) is 0 Å². The lowest BCUT2D eigenvalue weighted by Gasteiger charge is -2.16. The predicted molar refractivity (Wildman–Crippen MR) is 110 cm³/mol. The molecule has 0 bridgehead atoms. The van der Waals surface area contributed by atoms with E-state index in [1.165, 1.54) is 0 Å². The summed E-state index contributed by atoms with van der Waals surface area (Å²) in [5, 5.41) is 9.63. The highest BCUT2D eigenvalue weighted by Gasteiger charge is 2.62. The highest BCUT2D eigenvalue weighted by molar-refractivity contribution is 6.55. The van der Waals surface area contributed by atoms with E-state index in [0.717, 1.165) is 0 Å². The Labute approximate surface area is 178 Å². The number of carbonyl (C=O) groups is 2. The van der Waals surface area contributed by atoms with Crippen molar-refractivity contribution >= 4 is 35.1 Å². The van der Waals surface area contributed by atoms with E-state index < -0.39 is 29.4 Å². The van der Waals surface area contributed by atoms with Gasteiger partial charge in [-0.3, -0.25) is 4.79 Å². The standard InChI is InChI=1S/C22H20Cl2O5/c1-22(2)16(12-17(23)24)18(22)21(27)29-19(20(25)26)13-7-6-10-15(11-13)28-14-8-4-3-5-9-14/h3-12,16,18-19H,1-2H3,(H,25,26). The molecule has 0 spiro atoms. The first-order valence-corrected chi connectivity index (χ1v) is 9.74. The van der Waals surface area contributed by atoms with Gasteiger partial charge in [-0.15, -0.1) is 0 Å². The molecule has 1 aliphatic rings. The Kier molecular flexibility index (Phi) is 6.20. The van der Waals surface area contributed by atoms with Crippen LogP contribution in [0.15, 0.2) is 65.2 Å². The van der Waals surface area contributed by atoms with Gasteiger partial charge >= 0.3 is 11.9 Å². The molecule has 0 aliphatic heterocycles. The van der Waals surface area contributed by atoms with Crippen LogP contribution < -0.4 is 4.74 Å². The van der Waals surface area contributed by atoms with Gasteiger partial charge in [0.25, 0.3) is 0 Å². The lowest BCUT2D eigenvalue weighted by molar-refractivity contribution is -0.166. The first-order chi connectivity index (χ1) is 13.7. The summed E-state index contributed by atoms with van der Waals surface area (Å²) in [6.07, 6.45) is 0.133. The van der Waals surface area contributed by atoms with Gasteiger partial charge in [-0.25, -0.2) is 4.79 Å². The fourth-order valence-corrected chi connectivity index (χ4v) is 3.66. The number of esters is 1. The van der Waals surface area contributed by atoms with Crippen molar-refractivity contribution in [3.8, 4) is 11.5 Å². The largest absolute Gasteiger partial charge is 0.478 e. The van der Waals surface area contributed by atoms with Crippen LogP contribution in [0, 0.1) is 17.3 Å². The number of halogens is 2. The molecule has 2 aromatic carbocycles. The molecule has 1 fully saturated rings. The van der Waals surface area contributed by atoms with Crippen molar-refractivity contribution < 1.29 is 24.2 Å². The van der Waals surface area contributed by atoms with E-state index in [1.54, 1.807) is 42.5 Å². The number of ether oxygens (including phenoxy) is 2. The normalized spacial score (nSPS) is 20.3. The van der Waals surface area contributed by atoms with Gasteiger partial charge in [0.05, 0.1) is 5.92 Å². The third-order valence-corrected chi connectivity index (χ3v) is 5.32. The number of para-hydroxylation sites is 1. The Morgan fingerprint density at radius 2 is 1.72 bits per heavy atom. The molecule has 3 unspecified atom stereocenters. The lowest BCUT2D eigenvalue weighted by Crippen LogP contribution is -2.21. The van der Waals surface area contributed by atoms with Crippen LogP contribution in [-0.2, 0) is 14.3 Å². The number of benzene rings is 2. The number of hydrogen-bond donors (Lipinski definition) is 1. The Balaban J connectivity index is 1.77. The smallest absolute Gasteiger partial charge is 0.349 e. The summed E-state index contributed by atoms with van der Waals surface area (Å²) in [4.78, 5) is 24.4. The molecule has 0 amide bonds. The second-order valence-electron chi connectivity index (χ2n) is 7.42. The van der Waals surface area contributed by atoms with E-state index in [4.69, 9.17) is 32.7 Å². The zero-order valence-electron chi connectivity index (χ0n) is 15.8. The number of carbonyl (C=O) groups excluding carboxylic acids is 1. The number of carboxylic acids is 1. The summed E-state index contributed by atoms with van der Waals surface area (Å²) in [5.41, 5.74) is -0.104. The molecule has 1 N–H and O–H groups in total. The molecule has 5 nitrogen and oxygen atoms in total. The topological polar surface area (TPSA) is 72.8 Å². The fraction of sp³-hybridized carbons (Fsp3) is 0.273. The maximum absolute atomic E-state index is 12.6. The third-order valence-electron chi connectivity index (χ3n) is 5.07. The monoisotopic (exact) mass is 434 g/mol. The van der Waals surface area contributed by atoms with Crippen LogP contribution in [0.5, 0.6) is 11.5 Å². The van der Waals surface area contributed by atoms with Crippen molar-refractivity contribution in [2.45, 2.75) is 20.0 Å². The van der Waals surface area contributed by atoms with Crippen LogP contribution in [0.3, 0.4) is 0 Å². The summed E-state index contributed by atoms with van der Waals surface area (Å²) < 4.78 is 11.2. The average Bonchev–Trinajstić information content (AvgIpc) is 3.19. The number of hydrogen-bond acceptors (Lipinski definition) is 4. The number of rotatable bonds is 7. The Morgan fingerprint density at radius 1 is 1.07 bits per heavy atom. The minimum Gasteiger partial charge on any atom is -0.478 e. The summed E-state index contributed by atoms with van der Waals surface area (Å²) in [5.74, 6) is -1.54. The first kappa shape index (κ1) is 21.2. The average molecular weight is 435 g/mol. The van der Waals surface area contributed by atoms with E-state index in [2.05, 4.69) is 0 Å². The Morgan fingerprint density at radius 3 is 2.34 bits per heavy atom. The zero-order chi connectivity index (χ0) is 21.2. The second kappa shape index (κ2) is 8.47. The van der Waals surface area contributed by atoms with Crippen LogP contribution in [-0.4, -0.2) is 17.0 Å². The summed E-state index contributed by atoms with van der Waals surface area (Å²) >= 11 is 11.4. The molecule has 7 heteroatoms. The molecular formula is C22H20Cl2O5. The maximum Gasteiger partial charge on any atom is 0.349 e. The first-order valence-electron chi connectivity index (χ1n) is 8.99. The zero-order valence-corrected chi connectivity index (χ0v) is 17.4. The molecule has 0 aromatic heterocycles. The number of carboxylic acid groups (broad SMARTS) is 1. The Hall–Kier alpha value is -2.50. The highest BCUT2D eigenvalue weighted by atomic mass is 35.5. The van der Waals surface area contributed by atoms with Gasteiger partial charge in [-0.2, -0.15) is 0 Å². The van der Waals surface area contributed by atoms with E-state index in [0.29, 0.717) is 17.1 Å². The summed E-state index contributed by atoms with van der Waals surface area (Å²) in [6, 6.07) is 15.6. The molecular weight excluding hydrogens is 415 g/mol. The van der Waals surface area contributed by atoms with Crippen LogP contribution >= 0.6 is 23.2 Å². The maximum atomic E-state index is 12.6. The molecule has 0 saturated heterocycles. The lowest BCUT2D eigenvalue weighted by atomic mass is 10.1. The predicted octanol–water partition coefficient (Wildman–Crippen LogP) is 5.74. The summed E-state index contributed by atoms with van der Waals surface area (Å²) in [6.45, 7) is 3.75. The van der Waals surface area contributed by atoms with Gasteiger partial charge in [0.2, 0.25) is 6.10 Å². The van der Waals surface area contributed by atoms with Gasteiger partial charge in [0, 0.05) is 5.56 Å². The molecule has 0 radical (unpaired) electrons. The van der Waals surface area contributed by atoms with Crippen molar-refractivity contribution in [1.82, 2.24) is 0 Å². The van der Waals surface area contributed by atoms with Gasteiger partial charge in [0.1, 0.15) is 16.0 Å². The second-order valence-corrected chi connectivity index (χ2v) is 8.43. The van der Waals surface area contributed by atoms with Crippen molar-refractivity contribution in [3.63, 3.8) is 0 Å². The molecule has 1 saturated carbocycles.